The van der Waals surface area contributed by atoms with Gasteiger partial charge in [-0.3, -0.25) is 9.80 Å². The molecule has 19 heteroatoms. The molecule has 3 fully saturated rings. The van der Waals surface area contributed by atoms with E-state index >= 15 is 0 Å². The maximum Gasteiger partial charge on any atom is 0.490 e. The summed E-state index contributed by atoms with van der Waals surface area (Å²) in [5.41, 5.74) is 1.22. The van der Waals surface area contributed by atoms with Gasteiger partial charge in [-0.1, -0.05) is 6.07 Å². The van der Waals surface area contributed by atoms with Gasteiger partial charge in [-0.15, -0.1) is 0 Å². The molecule has 1 aliphatic carbocycles. The number of methoxy groups -OCH3 is 1. The van der Waals surface area contributed by atoms with Crippen molar-refractivity contribution in [3.63, 3.8) is 0 Å². The van der Waals surface area contributed by atoms with Crippen LogP contribution in [0, 0.1) is 5.92 Å². The molecule has 2 aliphatic heterocycles. The van der Waals surface area contributed by atoms with Crippen molar-refractivity contribution in [2.75, 3.05) is 26.7 Å². The molecule has 42 heavy (non-hydrogen) atoms. The van der Waals surface area contributed by atoms with Gasteiger partial charge in [-0.2, -0.15) is 39.5 Å². The zero-order valence-electron chi connectivity index (χ0n) is 21.8. The number of hydrogen-bond donors (Lipinski definition) is 3. The molecule has 240 valence electrons. The van der Waals surface area contributed by atoms with Gasteiger partial charge in [-0.05, 0) is 37.7 Å². The van der Waals surface area contributed by atoms with Crippen LogP contribution in [0.5, 0.6) is 5.88 Å². The van der Waals surface area contributed by atoms with Crippen LogP contribution in [-0.4, -0.2) is 105 Å². The average Bonchev–Trinajstić information content (AvgIpc) is 3.46. The molecule has 10 nitrogen and oxygen atoms in total. The Labute approximate surface area is 232 Å². The minimum absolute atomic E-state index is 0.744. The second kappa shape index (κ2) is 15.2. The lowest BCUT2D eigenvalue weighted by Gasteiger charge is -2.26. The standard InChI is InChI=1S/C17H25N3O.3C2HF3O2/c1-21-17-14(3-2-8-18-17)12-20-10-7-15-16(20)6-9-19(15)11-13-4-5-13;3*3-2(4,5)1(6)7/h2-3,8,13,15-16H,4-7,9-12H2,1H3;3*(H,6,7)/t15-,16+;;;/m0.../s1. The number of aliphatic carboxylic acids is 3. The molecule has 0 spiro atoms. The van der Waals surface area contributed by atoms with E-state index in [1.165, 1.54) is 50.9 Å². The third-order valence-corrected chi connectivity index (χ3v) is 6.14. The number of pyridine rings is 1. The minimum Gasteiger partial charge on any atom is -0.481 e. The molecule has 1 saturated carbocycles. The quantitative estimate of drug-likeness (QED) is 0.409. The van der Waals surface area contributed by atoms with Crippen LogP contribution in [0.25, 0.3) is 0 Å². The summed E-state index contributed by atoms with van der Waals surface area (Å²) in [6, 6.07) is 5.71. The summed E-state index contributed by atoms with van der Waals surface area (Å²) in [6.45, 7) is 4.85. The predicted octanol–water partition coefficient (Wildman–Crippen LogP) is 4.05. The summed E-state index contributed by atoms with van der Waals surface area (Å²) in [5, 5.41) is 21.4. The number of halogens is 9. The number of aromatic nitrogens is 1. The summed E-state index contributed by atoms with van der Waals surface area (Å²) in [7, 11) is 1.71. The van der Waals surface area contributed by atoms with Gasteiger partial charge in [0.25, 0.3) is 0 Å². The first-order valence-electron chi connectivity index (χ1n) is 12.0. The third kappa shape index (κ3) is 12.7. The molecule has 0 unspecified atom stereocenters. The molecule has 2 saturated heterocycles. The Morgan fingerprint density at radius 3 is 1.60 bits per heavy atom. The summed E-state index contributed by atoms with van der Waals surface area (Å²) >= 11 is 0. The minimum atomic E-state index is -5.08. The van der Waals surface area contributed by atoms with Gasteiger partial charge in [0, 0.05) is 50.0 Å². The lowest BCUT2D eigenvalue weighted by atomic mass is 10.1. The van der Waals surface area contributed by atoms with Crippen molar-refractivity contribution >= 4 is 17.9 Å². The first-order chi connectivity index (χ1) is 19.2. The molecule has 0 amide bonds. The Kier molecular flexibility index (Phi) is 13.3. The van der Waals surface area contributed by atoms with Crippen molar-refractivity contribution in [2.24, 2.45) is 5.92 Å². The number of nitrogens with zero attached hydrogens (tertiary/aromatic N) is 3. The van der Waals surface area contributed by atoms with Gasteiger partial charge in [0.1, 0.15) is 0 Å². The first kappa shape index (κ1) is 36.7. The lowest BCUT2D eigenvalue weighted by Crippen LogP contribution is -2.37. The predicted molar refractivity (Wildman–Crippen MR) is 123 cm³/mol. The summed E-state index contributed by atoms with van der Waals surface area (Å²) in [6.07, 6.45) is -7.85. The van der Waals surface area contributed by atoms with E-state index in [-0.39, 0.29) is 0 Å². The van der Waals surface area contributed by atoms with Crippen LogP contribution < -0.4 is 4.74 Å². The maximum atomic E-state index is 10.6. The molecule has 3 heterocycles. The highest BCUT2D eigenvalue weighted by atomic mass is 19.4. The summed E-state index contributed by atoms with van der Waals surface area (Å²) < 4.78 is 101. The van der Waals surface area contributed by atoms with Crippen molar-refractivity contribution in [1.82, 2.24) is 14.8 Å². The van der Waals surface area contributed by atoms with Gasteiger partial charge < -0.3 is 20.1 Å². The Hall–Kier alpha value is -3.35. The number of alkyl halides is 9. The highest BCUT2D eigenvalue weighted by Gasteiger charge is 2.44. The van der Waals surface area contributed by atoms with Crippen molar-refractivity contribution in [3.05, 3.63) is 23.9 Å². The number of carboxylic acid groups (broad SMARTS) is 3. The van der Waals surface area contributed by atoms with Crippen molar-refractivity contribution in [2.45, 2.75) is 62.8 Å². The Balaban J connectivity index is 0.000000348. The van der Waals surface area contributed by atoms with E-state index < -0.39 is 36.4 Å². The maximum absolute atomic E-state index is 10.6. The number of hydrogen-bond acceptors (Lipinski definition) is 7. The van der Waals surface area contributed by atoms with Gasteiger partial charge in [0.05, 0.1) is 7.11 Å². The average molecular weight is 629 g/mol. The number of rotatable bonds is 5. The molecule has 1 aromatic rings. The van der Waals surface area contributed by atoms with E-state index in [1.54, 1.807) is 7.11 Å². The van der Waals surface area contributed by atoms with Gasteiger partial charge in [0.15, 0.2) is 0 Å². The van der Waals surface area contributed by atoms with Crippen molar-refractivity contribution in [1.29, 1.82) is 0 Å². The zero-order chi connectivity index (χ0) is 32.5. The van der Waals surface area contributed by atoms with Crippen LogP contribution in [0.4, 0.5) is 39.5 Å². The van der Waals surface area contributed by atoms with E-state index in [9.17, 15) is 39.5 Å². The molecular weight excluding hydrogens is 601 g/mol. The number of likely N-dealkylation sites (tertiary alicyclic amines) is 2. The molecule has 3 aliphatic rings. The van der Waals surface area contributed by atoms with Crippen molar-refractivity contribution in [3.8, 4) is 5.88 Å². The van der Waals surface area contributed by atoms with Crippen LogP contribution >= 0.6 is 0 Å². The number of carbonyl (C=O) groups is 3. The van der Waals surface area contributed by atoms with Gasteiger partial charge >= 0.3 is 36.4 Å². The normalized spacial score (nSPS) is 20.5. The third-order valence-electron chi connectivity index (χ3n) is 6.14. The van der Waals surface area contributed by atoms with E-state index in [0.29, 0.717) is 0 Å². The molecule has 0 radical (unpaired) electrons. The van der Waals surface area contributed by atoms with Crippen LogP contribution in [-0.2, 0) is 20.9 Å². The molecule has 0 bridgehead atoms. The van der Waals surface area contributed by atoms with E-state index in [4.69, 9.17) is 34.4 Å². The Morgan fingerprint density at radius 1 is 0.810 bits per heavy atom. The molecule has 2 atom stereocenters. The molecular formula is C23H28F9N3O7. The number of ether oxygens (including phenoxy) is 1. The number of fused-ring (bicyclic) bond motifs is 1. The van der Waals surface area contributed by atoms with Gasteiger partial charge in [-0.25, -0.2) is 19.4 Å². The van der Waals surface area contributed by atoms with Crippen molar-refractivity contribution < 1.29 is 74.0 Å². The fourth-order valence-corrected chi connectivity index (χ4v) is 4.17. The Morgan fingerprint density at radius 2 is 1.21 bits per heavy atom. The van der Waals surface area contributed by atoms with E-state index in [1.807, 2.05) is 12.3 Å². The summed E-state index contributed by atoms with van der Waals surface area (Å²) in [5.74, 6) is -6.47. The highest BCUT2D eigenvalue weighted by molar-refractivity contribution is 5.73. The number of carboxylic acids is 3. The fraction of sp³-hybridized carbons (Fsp3) is 0.652. The molecule has 0 aromatic carbocycles. The van der Waals surface area contributed by atoms with Crippen LogP contribution in [0.1, 0.15) is 31.2 Å². The zero-order valence-corrected chi connectivity index (χ0v) is 21.8. The largest absolute Gasteiger partial charge is 0.490 e. The lowest BCUT2D eigenvalue weighted by molar-refractivity contribution is -0.193. The SMILES string of the molecule is COc1ncccc1CN1CC[C@H]2[C@H]1CCN2CC1CC1.O=C(O)C(F)(F)F.O=C(O)C(F)(F)F.O=C(O)C(F)(F)F. The topological polar surface area (TPSA) is 140 Å². The molecule has 4 rings (SSSR count). The Bertz CT molecular complexity index is 991. The second-order valence-electron chi connectivity index (χ2n) is 9.20. The molecule has 1 aromatic heterocycles. The smallest absolute Gasteiger partial charge is 0.481 e. The highest BCUT2D eigenvalue weighted by Crippen LogP contribution is 2.37. The first-order valence-corrected chi connectivity index (χ1v) is 12.0. The monoisotopic (exact) mass is 629 g/mol. The summed E-state index contributed by atoms with van der Waals surface area (Å²) in [4.78, 5) is 36.4. The van der Waals surface area contributed by atoms with Crippen LogP contribution in [0.15, 0.2) is 18.3 Å². The fourth-order valence-electron chi connectivity index (χ4n) is 4.17. The van der Waals surface area contributed by atoms with E-state index in [0.717, 1.165) is 30.4 Å². The molecule has 3 N–H and O–H groups in total. The van der Waals surface area contributed by atoms with Crippen LogP contribution in [0.3, 0.4) is 0 Å². The van der Waals surface area contributed by atoms with Crippen LogP contribution in [0.2, 0.25) is 0 Å². The van der Waals surface area contributed by atoms with E-state index in [2.05, 4.69) is 20.9 Å². The van der Waals surface area contributed by atoms with Gasteiger partial charge in [0.2, 0.25) is 5.88 Å². The second-order valence-corrected chi connectivity index (χ2v) is 9.20.